The number of halogens is 1. The van der Waals surface area contributed by atoms with Crippen LogP contribution in [0.4, 0.5) is 0 Å². The number of aliphatic hydroxyl groups is 2. The summed E-state index contributed by atoms with van der Waals surface area (Å²) in [6.45, 7) is 18.7. The quantitative estimate of drug-likeness (QED) is 0.388. The van der Waals surface area contributed by atoms with Crippen molar-refractivity contribution < 1.29 is 10.2 Å². The van der Waals surface area contributed by atoms with Crippen LogP contribution in [-0.4, -0.2) is 104 Å². The van der Waals surface area contributed by atoms with Gasteiger partial charge in [0.1, 0.15) is 6.34 Å². The van der Waals surface area contributed by atoms with Gasteiger partial charge in [0.15, 0.2) is 6.29 Å². The lowest BCUT2D eigenvalue weighted by molar-refractivity contribution is 0.00857. The average molecular weight is 514 g/mol. The van der Waals surface area contributed by atoms with E-state index in [9.17, 15) is 10.2 Å². The van der Waals surface area contributed by atoms with Crippen LogP contribution in [0.1, 0.15) is 81.1 Å². The Balaban J connectivity index is 1.93. The van der Waals surface area contributed by atoms with Gasteiger partial charge in [0.25, 0.3) is 0 Å². The molecule has 202 valence electrons. The average Bonchev–Trinajstić information content (AvgIpc) is 2.66. The third-order valence-electron chi connectivity index (χ3n) is 7.23. The second kappa shape index (κ2) is 10.4. The highest BCUT2D eigenvalue weighted by Crippen LogP contribution is 2.35. The van der Waals surface area contributed by atoms with Crippen LogP contribution in [-0.2, 0) is 0 Å². The van der Waals surface area contributed by atoms with Gasteiger partial charge in [0, 0.05) is 59.1 Å². The van der Waals surface area contributed by atoms with E-state index in [1.807, 2.05) is 0 Å². The maximum Gasteiger partial charge on any atom is 0.225 e. The molecule has 3 aliphatic rings. The number of nitrogens with one attached hydrogen (secondary N) is 2. The van der Waals surface area contributed by atoms with Gasteiger partial charge in [-0.25, -0.2) is 14.4 Å². The number of piperidine rings is 2. The van der Waals surface area contributed by atoms with E-state index in [1.54, 1.807) is 6.34 Å². The molecule has 2 fully saturated rings. The van der Waals surface area contributed by atoms with Crippen LogP contribution >= 0.6 is 11.8 Å². The smallest absolute Gasteiger partial charge is 0.225 e. The number of guanidine groups is 1. The van der Waals surface area contributed by atoms with Gasteiger partial charge in [0.05, 0.1) is 13.2 Å². The lowest BCUT2D eigenvalue weighted by Crippen LogP contribution is -2.65. The number of hydrogen-bond acceptors (Lipinski definition) is 9. The summed E-state index contributed by atoms with van der Waals surface area (Å²) in [5, 5.41) is 27.4. The molecule has 0 aromatic rings. The van der Waals surface area contributed by atoms with Gasteiger partial charge in [-0.05, 0) is 81.1 Å². The molecule has 0 saturated carbocycles. The molecule has 4 N–H and O–H groups in total. The topological polar surface area (TPSA) is 99.0 Å². The van der Waals surface area contributed by atoms with Gasteiger partial charge in [-0.15, -0.1) is 0 Å². The Bertz CT molecular complexity index is 767. The lowest BCUT2D eigenvalue weighted by atomic mass is 9.79. The molecule has 0 aromatic heterocycles. The summed E-state index contributed by atoms with van der Waals surface area (Å²) in [4.78, 5) is 14.0. The second-order valence-electron chi connectivity index (χ2n) is 13.2. The first-order chi connectivity index (χ1) is 16.1. The largest absolute Gasteiger partial charge is 0.395 e. The number of hydrogen-bond donors (Lipinski definition) is 4. The van der Waals surface area contributed by atoms with Crippen LogP contribution in [0.2, 0.25) is 0 Å². The summed E-state index contributed by atoms with van der Waals surface area (Å²) < 4.78 is 1.51. The van der Waals surface area contributed by atoms with Crippen molar-refractivity contribution in [3.63, 3.8) is 0 Å². The van der Waals surface area contributed by atoms with Gasteiger partial charge in [-0.1, -0.05) is 0 Å². The lowest BCUT2D eigenvalue weighted by Gasteiger charge is -2.52. The summed E-state index contributed by atoms with van der Waals surface area (Å²) in [5.41, 5.74) is -0.207. The predicted octanol–water partition coefficient (Wildman–Crippen LogP) is 2.33. The van der Waals surface area contributed by atoms with Crippen molar-refractivity contribution in [2.45, 2.75) is 122 Å². The molecule has 9 nitrogen and oxygen atoms in total. The van der Waals surface area contributed by atoms with Crippen LogP contribution < -0.4 is 10.6 Å². The van der Waals surface area contributed by atoms with Gasteiger partial charge < -0.3 is 25.7 Å². The van der Waals surface area contributed by atoms with Crippen LogP contribution in [0.25, 0.3) is 0 Å². The Labute approximate surface area is 217 Å². The Morgan fingerprint density at radius 3 is 1.77 bits per heavy atom. The third-order valence-corrected chi connectivity index (χ3v) is 7.50. The molecular formula is C25H48ClN7O2. The summed E-state index contributed by atoms with van der Waals surface area (Å²) in [6.07, 6.45) is 4.79. The van der Waals surface area contributed by atoms with Crippen molar-refractivity contribution in [1.82, 2.24) is 24.9 Å². The monoisotopic (exact) mass is 513 g/mol. The Hall–Kier alpha value is -0.970. The van der Waals surface area contributed by atoms with Gasteiger partial charge in [-0.3, -0.25) is 4.90 Å². The highest BCUT2D eigenvalue weighted by molar-refractivity contribution is 6.20. The molecule has 0 amide bonds. The Morgan fingerprint density at radius 1 is 0.857 bits per heavy atom. The van der Waals surface area contributed by atoms with E-state index in [1.165, 1.54) is 4.42 Å². The fourth-order valence-corrected chi connectivity index (χ4v) is 7.07. The van der Waals surface area contributed by atoms with E-state index in [2.05, 4.69) is 80.8 Å². The minimum atomic E-state index is -0.491. The van der Waals surface area contributed by atoms with Crippen LogP contribution in [0.3, 0.4) is 0 Å². The maximum absolute atomic E-state index is 9.97. The van der Waals surface area contributed by atoms with Crippen LogP contribution in [0.15, 0.2) is 9.98 Å². The molecular weight excluding hydrogens is 466 g/mol. The molecule has 3 rings (SSSR count). The fourth-order valence-electron chi connectivity index (χ4n) is 6.87. The zero-order valence-corrected chi connectivity index (χ0v) is 23.7. The van der Waals surface area contributed by atoms with Crippen LogP contribution in [0, 0.1) is 0 Å². The SMILES string of the molecule is CC1(C)CC(N(CCO)C2=NC(N(CCO)C3CC(C)(C)NC(C)(C)C3)N(Cl)C=N2)CC(C)(C)N1. The maximum atomic E-state index is 9.97. The third kappa shape index (κ3) is 7.29. The molecule has 0 spiro atoms. The number of rotatable bonds is 7. The first-order valence-electron chi connectivity index (χ1n) is 13.0. The number of aliphatic imine (C=N–C) groups is 2. The second-order valence-corrected chi connectivity index (χ2v) is 13.5. The zero-order chi connectivity index (χ0) is 26.2. The van der Waals surface area contributed by atoms with Crippen molar-refractivity contribution in [3.8, 4) is 0 Å². The number of nitrogens with zero attached hydrogens (tertiary/aromatic N) is 5. The van der Waals surface area contributed by atoms with E-state index in [0.29, 0.717) is 19.0 Å². The van der Waals surface area contributed by atoms with Gasteiger partial charge in [0.2, 0.25) is 5.96 Å². The Kier molecular flexibility index (Phi) is 8.51. The van der Waals surface area contributed by atoms with Crippen molar-refractivity contribution >= 4 is 24.1 Å². The minimum Gasteiger partial charge on any atom is -0.395 e. The summed E-state index contributed by atoms with van der Waals surface area (Å²) in [7, 11) is 0. The van der Waals surface area contributed by atoms with Crippen molar-refractivity contribution in [2.24, 2.45) is 9.98 Å². The first kappa shape index (κ1) is 28.6. The molecule has 1 unspecified atom stereocenters. The highest BCUT2D eigenvalue weighted by atomic mass is 35.5. The molecule has 0 aliphatic carbocycles. The van der Waals surface area contributed by atoms with E-state index in [-0.39, 0.29) is 47.5 Å². The van der Waals surface area contributed by atoms with E-state index < -0.39 is 6.29 Å². The minimum absolute atomic E-state index is 0.0189. The zero-order valence-electron chi connectivity index (χ0n) is 23.0. The van der Waals surface area contributed by atoms with Gasteiger partial charge >= 0.3 is 0 Å². The fraction of sp³-hybridized carbons (Fsp3) is 0.920. The first-order valence-corrected chi connectivity index (χ1v) is 13.3. The standard InChI is InChI=1S/C25H48ClN7O2/c1-22(2)13-18(14-23(3,4)29-22)31(9-11-34)20-27-17-33(26)21(28-20)32(10-12-35)19-15-24(5,6)30-25(7,8)16-19/h17-19,21,29-30,34-35H,9-16H2,1-8H3. The van der Waals surface area contributed by atoms with E-state index in [4.69, 9.17) is 16.8 Å². The molecule has 0 aromatic carbocycles. The summed E-state index contributed by atoms with van der Waals surface area (Å²) in [6, 6.07) is 0.356. The molecule has 1 atom stereocenters. The molecule has 10 heteroatoms. The number of aliphatic hydroxyl groups excluding tert-OH is 2. The molecule has 35 heavy (non-hydrogen) atoms. The predicted molar refractivity (Wildman–Crippen MR) is 144 cm³/mol. The molecule has 2 saturated heterocycles. The normalized spacial score (nSPS) is 28.3. The summed E-state index contributed by atoms with van der Waals surface area (Å²) in [5.74, 6) is 0.592. The summed E-state index contributed by atoms with van der Waals surface area (Å²) >= 11 is 6.66. The van der Waals surface area contributed by atoms with Crippen LogP contribution in [0.5, 0.6) is 0 Å². The molecule has 0 bridgehead atoms. The van der Waals surface area contributed by atoms with Crippen molar-refractivity contribution in [1.29, 1.82) is 0 Å². The van der Waals surface area contributed by atoms with E-state index in [0.717, 1.165) is 25.7 Å². The van der Waals surface area contributed by atoms with Crippen molar-refractivity contribution in [3.05, 3.63) is 0 Å². The molecule has 3 heterocycles. The Morgan fingerprint density at radius 2 is 1.31 bits per heavy atom. The highest BCUT2D eigenvalue weighted by Gasteiger charge is 2.44. The molecule has 3 aliphatic heterocycles. The van der Waals surface area contributed by atoms with E-state index >= 15 is 0 Å². The molecule has 0 radical (unpaired) electrons. The van der Waals surface area contributed by atoms with Crippen molar-refractivity contribution in [2.75, 3.05) is 26.3 Å². The van der Waals surface area contributed by atoms with Gasteiger partial charge in [-0.2, -0.15) is 0 Å².